The topological polar surface area (TPSA) is 94.1 Å². The predicted octanol–water partition coefficient (Wildman–Crippen LogP) is 4.12. The van der Waals surface area contributed by atoms with Crippen LogP contribution in [0.1, 0.15) is 0 Å². The minimum absolute atomic E-state index is 0.419. The summed E-state index contributed by atoms with van der Waals surface area (Å²) in [5.41, 5.74) is 9.27. The van der Waals surface area contributed by atoms with Crippen molar-refractivity contribution in [2.24, 2.45) is 0 Å². The van der Waals surface area contributed by atoms with Crippen molar-refractivity contribution in [1.29, 1.82) is 0 Å². The Kier molecular flexibility index (Phi) is 6.32. The summed E-state index contributed by atoms with van der Waals surface area (Å²) >= 11 is 12.5. The van der Waals surface area contributed by atoms with Crippen LogP contribution in [0.25, 0.3) is 28.0 Å². The molecule has 0 atom stereocenters. The van der Waals surface area contributed by atoms with E-state index in [0.29, 0.717) is 50.8 Å². The summed E-state index contributed by atoms with van der Waals surface area (Å²) in [6.07, 6.45) is 0. The first-order valence-corrected chi connectivity index (χ1v) is 11.5. The van der Waals surface area contributed by atoms with Crippen molar-refractivity contribution < 1.29 is 4.74 Å². The van der Waals surface area contributed by atoms with Crippen molar-refractivity contribution in [2.45, 2.75) is 0 Å². The van der Waals surface area contributed by atoms with Gasteiger partial charge in [-0.05, 0) is 24.3 Å². The maximum absolute atomic E-state index is 6.55. The van der Waals surface area contributed by atoms with Gasteiger partial charge in [-0.25, -0.2) is 9.67 Å². The molecular weight excluding hydrogens is 461 g/mol. The lowest BCUT2D eigenvalue weighted by molar-refractivity contribution is 0.0398. The van der Waals surface area contributed by atoms with E-state index < -0.39 is 0 Å². The highest BCUT2D eigenvalue weighted by molar-refractivity contribution is 6.32. The van der Waals surface area contributed by atoms with Crippen LogP contribution in [0.5, 0.6) is 0 Å². The Morgan fingerprint density at radius 1 is 1.00 bits per heavy atom. The summed E-state index contributed by atoms with van der Waals surface area (Å²) < 4.78 is 7.03. The Labute approximate surface area is 201 Å². The molecule has 0 amide bonds. The van der Waals surface area contributed by atoms with E-state index in [-0.39, 0.29) is 0 Å². The number of anilines is 2. The standard InChI is InChI=1S/C23H23Cl2N7O/c24-16-7-5-15(6-8-16)20-19-21(26)32(18-4-2-1-3-17(18)25)30-22(19)29-23(28-20)27-9-10-31-11-13-33-14-12-31/h1-8H,9-14,26H2,(H,27,29,30). The Bertz CT molecular complexity index is 1270. The molecule has 1 fully saturated rings. The third-order valence-electron chi connectivity index (χ3n) is 5.58. The first-order valence-electron chi connectivity index (χ1n) is 10.7. The Balaban J connectivity index is 1.55. The van der Waals surface area contributed by atoms with Crippen LogP contribution in [0.4, 0.5) is 11.8 Å². The minimum atomic E-state index is 0.419. The van der Waals surface area contributed by atoms with Gasteiger partial charge in [0.2, 0.25) is 5.95 Å². The molecule has 3 heterocycles. The normalized spacial score (nSPS) is 14.6. The molecule has 0 saturated carbocycles. The van der Waals surface area contributed by atoms with E-state index in [0.717, 1.165) is 38.4 Å². The van der Waals surface area contributed by atoms with Crippen molar-refractivity contribution in [1.82, 2.24) is 24.6 Å². The van der Waals surface area contributed by atoms with Crippen LogP contribution in [0.2, 0.25) is 10.0 Å². The van der Waals surface area contributed by atoms with Crippen LogP contribution >= 0.6 is 23.2 Å². The average molecular weight is 484 g/mol. The van der Waals surface area contributed by atoms with Gasteiger partial charge in [0.15, 0.2) is 5.65 Å². The molecule has 8 nitrogen and oxygen atoms in total. The van der Waals surface area contributed by atoms with Gasteiger partial charge in [0.1, 0.15) is 5.82 Å². The zero-order valence-electron chi connectivity index (χ0n) is 17.8. The van der Waals surface area contributed by atoms with Gasteiger partial charge in [-0.15, -0.1) is 5.10 Å². The van der Waals surface area contributed by atoms with E-state index in [1.54, 1.807) is 10.7 Å². The maximum Gasteiger partial charge on any atom is 0.225 e. The number of hydrogen-bond acceptors (Lipinski definition) is 7. The van der Waals surface area contributed by atoms with Gasteiger partial charge in [-0.1, -0.05) is 47.5 Å². The average Bonchev–Trinajstić information content (AvgIpc) is 3.16. The van der Waals surface area contributed by atoms with E-state index in [1.807, 2.05) is 42.5 Å². The van der Waals surface area contributed by atoms with Gasteiger partial charge >= 0.3 is 0 Å². The number of nitrogen functional groups attached to an aromatic ring is 1. The molecule has 0 spiro atoms. The second-order valence-electron chi connectivity index (χ2n) is 7.73. The van der Waals surface area contributed by atoms with Gasteiger partial charge in [-0.3, -0.25) is 4.90 Å². The van der Waals surface area contributed by atoms with E-state index in [9.17, 15) is 0 Å². The van der Waals surface area contributed by atoms with Crippen molar-refractivity contribution in [3.63, 3.8) is 0 Å². The second kappa shape index (κ2) is 9.52. The second-order valence-corrected chi connectivity index (χ2v) is 8.57. The molecule has 0 unspecified atom stereocenters. The van der Waals surface area contributed by atoms with E-state index in [1.165, 1.54) is 0 Å². The zero-order chi connectivity index (χ0) is 22.8. The first-order chi connectivity index (χ1) is 16.1. The van der Waals surface area contributed by atoms with Gasteiger partial charge in [0, 0.05) is 36.8 Å². The number of halogens is 2. The maximum atomic E-state index is 6.55. The van der Waals surface area contributed by atoms with Crippen LogP contribution in [0, 0.1) is 0 Å². The number of rotatable bonds is 6. The number of nitrogens with two attached hydrogens (primary N) is 1. The van der Waals surface area contributed by atoms with Crippen LogP contribution in [-0.4, -0.2) is 64.0 Å². The van der Waals surface area contributed by atoms with Gasteiger partial charge in [-0.2, -0.15) is 4.98 Å². The third kappa shape index (κ3) is 4.60. The fourth-order valence-corrected chi connectivity index (χ4v) is 4.21. The molecule has 2 aromatic heterocycles. The summed E-state index contributed by atoms with van der Waals surface area (Å²) in [6, 6.07) is 14.9. The summed E-state index contributed by atoms with van der Waals surface area (Å²) in [5.74, 6) is 0.910. The predicted molar refractivity (Wildman–Crippen MR) is 132 cm³/mol. The number of hydrogen-bond donors (Lipinski definition) is 2. The van der Waals surface area contributed by atoms with Crippen molar-refractivity contribution in [3.8, 4) is 16.9 Å². The Morgan fingerprint density at radius 2 is 1.76 bits per heavy atom. The Morgan fingerprint density at radius 3 is 2.52 bits per heavy atom. The molecule has 3 N–H and O–H groups in total. The fourth-order valence-electron chi connectivity index (χ4n) is 3.87. The summed E-state index contributed by atoms with van der Waals surface area (Å²) in [6.45, 7) is 4.96. The smallest absolute Gasteiger partial charge is 0.225 e. The van der Waals surface area contributed by atoms with Crippen LogP contribution < -0.4 is 11.1 Å². The minimum Gasteiger partial charge on any atom is -0.383 e. The SMILES string of the molecule is Nc1c2c(-c3ccc(Cl)cc3)nc(NCCN3CCOCC3)nc2nn1-c1ccccc1Cl. The molecule has 4 aromatic rings. The Hall–Kier alpha value is -2.91. The molecule has 0 aliphatic carbocycles. The van der Waals surface area contributed by atoms with Crippen molar-refractivity contribution >= 4 is 46.0 Å². The highest BCUT2D eigenvalue weighted by atomic mass is 35.5. The van der Waals surface area contributed by atoms with Crippen molar-refractivity contribution in [2.75, 3.05) is 50.4 Å². The molecule has 1 aliphatic heterocycles. The molecule has 10 heteroatoms. The lowest BCUT2D eigenvalue weighted by atomic mass is 10.1. The fraction of sp³-hybridized carbons (Fsp3) is 0.261. The lowest BCUT2D eigenvalue weighted by Gasteiger charge is -2.26. The number of ether oxygens (including phenoxy) is 1. The van der Waals surface area contributed by atoms with Crippen LogP contribution in [-0.2, 0) is 4.74 Å². The summed E-state index contributed by atoms with van der Waals surface area (Å²) in [4.78, 5) is 11.8. The van der Waals surface area contributed by atoms with Crippen LogP contribution in [0.3, 0.4) is 0 Å². The number of aromatic nitrogens is 4. The largest absolute Gasteiger partial charge is 0.383 e. The highest BCUT2D eigenvalue weighted by Gasteiger charge is 2.20. The van der Waals surface area contributed by atoms with E-state index in [2.05, 4.69) is 20.3 Å². The summed E-state index contributed by atoms with van der Waals surface area (Å²) in [5, 5.41) is 9.86. The number of nitrogens with zero attached hydrogens (tertiary/aromatic N) is 5. The molecule has 2 aromatic carbocycles. The number of morpholine rings is 1. The first kappa shape index (κ1) is 21.9. The van der Waals surface area contributed by atoms with Crippen molar-refractivity contribution in [3.05, 3.63) is 58.6 Å². The molecule has 33 heavy (non-hydrogen) atoms. The van der Waals surface area contributed by atoms with E-state index in [4.69, 9.17) is 38.7 Å². The number of para-hydroxylation sites is 1. The summed E-state index contributed by atoms with van der Waals surface area (Å²) in [7, 11) is 0. The number of fused-ring (bicyclic) bond motifs is 1. The molecular formula is C23H23Cl2N7O. The van der Waals surface area contributed by atoms with Gasteiger partial charge in [0.05, 0.1) is 35.0 Å². The van der Waals surface area contributed by atoms with Gasteiger partial charge < -0.3 is 15.8 Å². The lowest BCUT2D eigenvalue weighted by Crippen LogP contribution is -2.39. The highest BCUT2D eigenvalue weighted by Crippen LogP contribution is 2.34. The van der Waals surface area contributed by atoms with Crippen LogP contribution in [0.15, 0.2) is 48.5 Å². The monoisotopic (exact) mass is 483 g/mol. The number of benzene rings is 2. The number of nitrogens with one attached hydrogen (secondary N) is 1. The molecule has 0 bridgehead atoms. The molecule has 5 rings (SSSR count). The third-order valence-corrected chi connectivity index (χ3v) is 6.15. The van der Waals surface area contributed by atoms with E-state index >= 15 is 0 Å². The molecule has 170 valence electrons. The van der Waals surface area contributed by atoms with Gasteiger partial charge in [0.25, 0.3) is 0 Å². The molecule has 1 aliphatic rings. The quantitative estimate of drug-likeness (QED) is 0.425. The molecule has 1 saturated heterocycles. The molecule has 0 radical (unpaired) electrons. The zero-order valence-corrected chi connectivity index (χ0v) is 19.4.